The molecular weight excluding hydrogens is 410 g/mol. The van der Waals surface area contributed by atoms with E-state index in [1.54, 1.807) is 0 Å². The fraction of sp³-hybridized carbons (Fsp3) is 0. The molecular formula is C26H18B2N2O3. The molecule has 0 atom stereocenters. The van der Waals surface area contributed by atoms with Crippen LogP contribution in [0.1, 0.15) is 11.1 Å². The van der Waals surface area contributed by atoms with Gasteiger partial charge < -0.3 is 13.9 Å². The normalized spacial score (nSPS) is 14.1. The third kappa shape index (κ3) is 3.83. The van der Waals surface area contributed by atoms with E-state index in [0.717, 1.165) is 33.4 Å². The first kappa shape index (κ1) is 19.6. The van der Waals surface area contributed by atoms with E-state index in [-0.39, 0.29) is 0 Å². The Morgan fingerprint density at radius 3 is 1.42 bits per heavy atom. The van der Waals surface area contributed by atoms with Gasteiger partial charge in [0.15, 0.2) is 0 Å². The number of hydrogen-bond donors (Lipinski definition) is 0. The van der Waals surface area contributed by atoms with Crippen LogP contribution in [0.3, 0.4) is 0 Å². The molecule has 0 spiro atoms. The Morgan fingerprint density at radius 2 is 0.909 bits per heavy atom. The Balaban J connectivity index is 1.60. The van der Waals surface area contributed by atoms with Crippen LogP contribution >= 0.6 is 0 Å². The second kappa shape index (κ2) is 8.45. The Kier molecular flexibility index (Phi) is 5.01. The second-order valence-corrected chi connectivity index (χ2v) is 7.75. The summed E-state index contributed by atoms with van der Waals surface area (Å²) in [5.74, 6) is 1.25. The predicted octanol–water partition coefficient (Wildman–Crippen LogP) is 4.08. The molecule has 2 heterocycles. The average Bonchev–Trinajstić information content (AvgIpc) is 2.87. The third-order valence-electron chi connectivity index (χ3n) is 5.63. The van der Waals surface area contributed by atoms with E-state index in [0.29, 0.717) is 11.5 Å². The van der Waals surface area contributed by atoms with Crippen LogP contribution in [0, 0.1) is 0 Å². The summed E-state index contributed by atoms with van der Waals surface area (Å²) in [6.07, 6.45) is 3.64. The van der Waals surface area contributed by atoms with Crippen LogP contribution in [0.2, 0.25) is 0 Å². The van der Waals surface area contributed by atoms with Gasteiger partial charge in [-0.2, -0.15) is 0 Å². The minimum Gasteiger partial charge on any atom is -0.531 e. The van der Waals surface area contributed by atoms with Crippen molar-refractivity contribution in [1.82, 2.24) is 0 Å². The molecule has 0 amide bonds. The van der Waals surface area contributed by atoms with E-state index >= 15 is 0 Å². The van der Waals surface area contributed by atoms with Crippen molar-refractivity contribution in [3.05, 3.63) is 108 Å². The van der Waals surface area contributed by atoms with E-state index in [1.165, 1.54) is 0 Å². The molecule has 2 aliphatic heterocycles. The number of aliphatic imine (C=N–C) groups is 2. The molecule has 2 bridgehead atoms. The first-order valence-corrected chi connectivity index (χ1v) is 10.8. The number of benzene rings is 4. The molecule has 5 nitrogen and oxygen atoms in total. The van der Waals surface area contributed by atoms with Gasteiger partial charge in [-0.25, -0.2) is 0 Å². The number of rotatable bonds is 0. The summed E-state index contributed by atoms with van der Waals surface area (Å²) in [6, 6.07) is 31.2. The van der Waals surface area contributed by atoms with Crippen molar-refractivity contribution in [2.75, 3.05) is 0 Å². The Labute approximate surface area is 192 Å². The molecule has 7 heteroatoms. The maximum Gasteiger partial charge on any atom is 0.550 e. The lowest BCUT2D eigenvalue weighted by Gasteiger charge is -2.25. The number of hydrogen-bond acceptors (Lipinski definition) is 5. The van der Waals surface area contributed by atoms with Gasteiger partial charge in [0.1, 0.15) is 22.9 Å². The monoisotopic (exact) mass is 428 g/mol. The van der Waals surface area contributed by atoms with Gasteiger partial charge in [0, 0.05) is 23.4 Å². The summed E-state index contributed by atoms with van der Waals surface area (Å²) < 4.78 is 19.5. The van der Waals surface area contributed by atoms with Crippen molar-refractivity contribution < 1.29 is 13.9 Å². The summed E-state index contributed by atoms with van der Waals surface area (Å²) in [5.41, 5.74) is 4.97. The number of fused-ring (bicyclic) bond motifs is 8. The molecule has 0 fully saturated rings. The standard InChI is InChI=1S/C26H18B2N2O3/c1-3-11-21-19(9-1)17-29-23-13-5-7-15-25(23)32-28-22-12-4-2-10-20(22)18-30-24-14-6-8-16-26(24)31-27(21)33-28/h1-18H. The maximum absolute atomic E-state index is 6.60. The molecule has 156 valence electrons. The molecule has 0 unspecified atom stereocenters. The van der Waals surface area contributed by atoms with Gasteiger partial charge in [-0.05, 0) is 35.4 Å². The van der Waals surface area contributed by atoms with E-state index in [2.05, 4.69) is 0 Å². The second-order valence-electron chi connectivity index (χ2n) is 7.75. The van der Waals surface area contributed by atoms with Crippen LogP contribution in [0.15, 0.2) is 107 Å². The molecule has 4 aromatic rings. The average molecular weight is 428 g/mol. The summed E-state index contributed by atoms with van der Waals surface area (Å²) in [6.45, 7) is 0. The molecule has 0 radical (unpaired) electrons. The van der Waals surface area contributed by atoms with Crippen LogP contribution < -0.4 is 20.2 Å². The minimum atomic E-state index is -0.745. The predicted molar refractivity (Wildman–Crippen MR) is 133 cm³/mol. The molecule has 0 N–H and O–H groups in total. The molecule has 33 heavy (non-hydrogen) atoms. The van der Waals surface area contributed by atoms with E-state index in [4.69, 9.17) is 23.9 Å². The molecule has 6 rings (SSSR count). The summed E-state index contributed by atoms with van der Waals surface area (Å²) in [5, 5.41) is 0. The van der Waals surface area contributed by atoms with Crippen molar-refractivity contribution >= 4 is 49.0 Å². The van der Waals surface area contributed by atoms with Gasteiger partial charge in [0.25, 0.3) is 0 Å². The topological polar surface area (TPSA) is 52.4 Å². The lowest BCUT2D eigenvalue weighted by Crippen LogP contribution is -2.53. The highest BCUT2D eigenvalue weighted by Gasteiger charge is 2.38. The molecule has 0 saturated heterocycles. The molecule has 0 saturated carbocycles. The van der Waals surface area contributed by atoms with Gasteiger partial charge in [-0.3, -0.25) is 9.98 Å². The van der Waals surface area contributed by atoms with Crippen molar-refractivity contribution in [2.24, 2.45) is 9.98 Å². The zero-order valence-electron chi connectivity index (χ0n) is 17.7. The largest absolute Gasteiger partial charge is 0.550 e. The van der Waals surface area contributed by atoms with Crippen molar-refractivity contribution in [2.45, 2.75) is 0 Å². The van der Waals surface area contributed by atoms with Crippen LogP contribution in [0.25, 0.3) is 0 Å². The zero-order chi connectivity index (χ0) is 22.0. The van der Waals surface area contributed by atoms with Crippen LogP contribution in [-0.2, 0) is 4.57 Å². The van der Waals surface area contributed by atoms with Gasteiger partial charge >= 0.3 is 14.2 Å². The molecule has 4 aromatic carbocycles. The molecule has 0 aromatic heterocycles. The van der Waals surface area contributed by atoms with E-state index in [9.17, 15) is 0 Å². The van der Waals surface area contributed by atoms with Crippen LogP contribution in [0.4, 0.5) is 11.4 Å². The van der Waals surface area contributed by atoms with Crippen molar-refractivity contribution in [1.29, 1.82) is 0 Å². The highest BCUT2D eigenvalue weighted by atomic mass is 16.6. The van der Waals surface area contributed by atoms with Crippen molar-refractivity contribution in [3.8, 4) is 11.5 Å². The fourth-order valence-electron chi connectivity index (χ4n) is 3.96. The molecule has 2 aliphatic rings. The first-order chi connectivity index (χ1) is 16.3. The lowest BCUT2D eigenvalue weighted by atomic mass is 9.68. The van der Waals surface area contributed by atoms with Crippen LogP contribution in [0.5, 0.6) is 11.5 Å². The van der Waals surface area contributed by atoms with Gasteiger partial charge in [0.2, 0.25) is 0 Å². The number of para-hydroxylation sites is 4. The highest BCUT2D eigenvalue weighted by molar-refractivity contribution is 6.76. The first-order valence-electron chi connectivity index (χ1n) is 10.8. The van der Waals surface area contributed by atoms with Gasteiger partial charge in [-0.1, -0.05) is 72.8 Å². The highest BCUT2D eigenvalue weighted by Crippen LogP contribution is 2.30. The maximum atomic E-state index is 6.60. The summed E-state index contributed by atoms with van der Waals surface area (Å²) in [4.78, 5) is 9.45. The quantitative estimate of drug-likeness (QED) is 0.397. The smallest absolute Gasteiger partial charge is 0.531 e. The SMILES string of the molecule is C1=Nc2ccccc2OB2OB(Oc3ccccc3N=Cc3ccccc32)c2ccccc21. The summed E-state index contributed by atoms with van der Waals surface area (Å²) >= 11 is 0. The fourth-order valence-corrected chi connectivity index (χ4v) is 3.96. The minimum absolute atomic E-state index is 0.626. The van der Waals surface area contributed by atoms with E-state index < -0.39 is 14.2 Å². The number of nitrogens with zero attached hydrogens (tertiary/aromatic N) is 2. The Hall–Kier alpha value is -4.09. The lowest BCUT2D eigenvalue weighted by molar-refractivity contribution is 0.389. The molecule has 0 aliphatic carbocycles. The van der Waals surface area contributed by atoms with Gasteiger partial charge in [0.05, 0.1) is 0 Å². The van der Waals surface area contributed by atoms with Gasteiger partial charge in [-0.15, -0.1) is 0 Å². The Morgan fingerprint density at radius 1 is 0.485 bits per heavy atom. The van der Waals surface area contributed by atoms with Crippen molar-refractivity contribution in [3.63, 3.8) is 0 Å². The summed E-state index contributed by atoms with van der Waals surface area (Å²) in [7, 11) is -1.49. The van der Waals surface area contributed by atoms with E-state index in [1.807, 2.05) is 109 Å². The van der Waals surface area contributed by atoms with Crippen LogP contribution in [-0.4, -0.2) is 26.7 Å². The third-order valence-corrected chi connectivity index (χ3v) is 5.63. The zero-order valence-corrected chi connectivity index (χ0v) is 17.7. The Bertz CT molecular complexity index is 1280.